The number of aryl methyl sites for hydroxylation is 1. The third kappa shape index (κ3) is 5.51. The summed E-state index contributed by atoms with van der Waals surface area (Å²) in [6, 6.07) is 5.98. The van der Waals surface area contributed by atoms with Gasteiger partial charge in [-0.15, -0.1) is 0 Å². The summed E-state index contributed by atoms with van der Waals surface area (Å²) in [5.74, 6) is 6.31. The Morgan fingerprint density at radius 2 is 1.78 bits per heavy atom. The molecule has 0 atom stereocenters. The van der Waals surface area contributed by atoms with E-state index in [0.717, 1.165) is 53.3 Å². The molecule has 5 aliphatic rings. The van der Waals surface area contributed by atoms with Crippen molar-refractivity contribution in [3.8, 4) is 16.9 Å². The monoisotopic (exact) mass is 719 g/mol. The van der Waals surface area contributed by atoms with Crippen LogP contribution in [-0.2, 0) is 14.3 Å². The van der Waals surface area contributed by atoms with Crippen LogP contribution in [-0.4, -0.2) is 105 Å². The van der Waals surface area contributed by atoms with Crippen LogP contribution in [0.1, 0.15) is 42.7 Å². The number of likely N-dealkylation sites (tertiary alicyclic amines) is 1. The summed E-state index contributed by atoms with van der Waals surface area (Å²) in [6.45, 7) is 8.09. The zero-order chi connectivity index (χ0) is 35.5. The predicted molar refractivity (Wildman–Crippen MR) is 193 cm³/mol. The Balaban J connectivity index is 1.20. The summed E-state index contributed by atoms with van der Waals surface area (Å²) in [4.78, 5) is 28.5. The number of aromatic amines is 1. The van der Waals surface area contributed by atoms with Gasteiger partial charge in [0.25, 0.3) is 0 Å². The maximum absolute atomic E-state index is 14.0. The maximum atomic E-state index is 14.0. The maximum Gasteiger partial charge on any atom is 0.422 e. The number of H-pyrrole nitrogens is 1. The number of hydrogen-bond donors (Lipinski definition) is 1. The minimum absolute atomic E-state index is 0.0321. The molecule has 4 aromatic rings. The molecule has 2 spiro atoms. The Hall–Kier alpha value is -4.33. The van der Waals surface area contributed by atoms with Crippen LogP contribution in [0.2, 0.25) is 0 Å². The lowest BCUT2D eigenvalue weighted by Gasteiger charge is -2.56. The van der Waals surface area contributed by atoms with Gasteiger partial charge in [0.2, 0.25) is 11.9 Å². The number of fused-ring (bicyclic) bond motifs is 2. The fourth-order valence-electron chi connectivity index (χ4n) is 9.06. The van der Waals surface area contributed by atoms with Gasteiger partial charge < -0.3 is 19.4 Å². The predicted octanol–water partition coefficient (Wildman–Crippen LogP) is 5.45. The van der Waals surface area contributed by atoms with Crippen LogP contribution in [0.15, 0.2) is 37.1 Å². The number of aromatic nitrogens is 4. The molecule has 1 saturated carbocycles. The smallest absolute Gasteiger partial charge is 0.422 e. The van der Waals surface area contributed by atoms with Gasteiger partial charge in [0.1, 0.15) is 11.3 Å². The molecule has 10 nitrogen and oxygen atoms in total. The molecule has 4 aliphatic heterocycles. The van der Waals surface area contributed by atoms with Crippen LogP contribution in [0, 0.1) is 17.8 Å². The van der Waals surface area contributed by atoms with Crippen LogP contribution < -0.4 is 14.5 Å². The van der Waals surface area contributed by atoms with E-state index >= 15 is 0 Å². The van der Waals surface area contributed by atoms with E-state index in [-0.39, 0.29) is 28.4 Å². The first-order valence-electron chi connectivity index (χ1n) is 17.5. The Kier molecular flexibility index (Phi) is 7.08. The number of halogens is 3. The van der Waals surface area contributed by atoms with E-state index in [1.165, 1.54) is 6.08 Å². The van der Waals surface area contributed by atoms with E-state index in [9.17, 15) is 22.2 Å². The van der Waals surface area contributed by atoms with Gasteiger partial charge in [-0.1, -0.05) is 12.6 Å². The lowest BCUT2D eigenvalue weighted by atomic mass is 9.72. The first-order chi connectivity index (χ1) is 24.2. The van der Waals surface area contributed by atoms with Crippen molar-refractivity contribution in [3.63, 3.8) is 0 Å². The van der Waals surface area contributed by atoms with Gasteiger partial charge in [-0.05, 0) is 88.8 Å². The van der Waals surface area contributed by atoms with Gasteiger partial charge in [-0.25, -0.2) is 4.98 Å². The number of rotatable bonds is 7. The quantitative estimate of drug-likeness (QED) is 0.199. The van der Waals surface area contributed by atoms with E-state index < -0.39 is 22.3 Å². The number of alkyl halides is 3. The van der Waals surface area contributed by atoms with Gasteiger partial charge in [-0.3, -0.25) is 14.1 Å². The van der Waals surface area contributed by atoms with Crippen molar-refractivity contribution in [2.75, 3.05) is 67.2 Å². The Labute approximate surface area is 294 Å². The molecule has 1 N–H and O–H groups in total. The van der Waals surface area contributed by atoms with Gasteiger partial charge in [0.05, 0.1) is 11.7 Å². The number of ether oxygens (including phenoxy) is 1. The summed E-state index contributed by atoms with van der Waals surface area (Å²) in [7, 11) is -2.06. The van der Waals surface area contributed by atoms with Gasteiger partial charge in [0, 0.05) is 77.9 Å². The van der Waals surface area contributed by atoms with Gasteiger partial charge in [0.15, 0.2) is 12.4 Å². The SMILES string of the molecule is C=CC(=O)N1CC2(CCN(c3nc(N4CC5(C4)CS(=C)(=O)C5)nc4c(OCC(F)(F)F)c(-c5c(C)ccc6[nH]ncc56)c(C5CC5)cc34)CC2)C1. The molecule has 2 aromatic heterocycles. The number of hydrogen-bond acceptors (Lipinski definition) is 8. The van der Waals surface area contributed by atoms with E-state index in [1.54, 1.807) is 6.20 Å². The Morgan fingerprint density at radius 3 is 2.43 bits per heavy atom. The summed E-state index contributed by atoms with van der Waals surface area (Å²) in [5, 5.41) is 8.77. The van der Waals surface area contributed by atoms with E-state index in [2.05, 4.69) is 33.6 Å². The summed E-state index contributed by atoms with van der Waals surface area (Å²) < 4.78 is 60.6. The fraction of sp³-hybridized carbons (Fsp3) is 0.486. The number of piperidine rings is 1. The molecular weight excluding hydrogens is 680 g/mol. The highest BCUT2D eigenvalue weighted by molar-refractivity contribution is 8.01. The normalized spacial score (nSPS) is 21.8. The molecule has 1 amide bonds. The van der Waals surface area contributed by atoms with Gasteiger partial charge >= 0.3 is 6.18 Å². The highest BCUT2D eigenvalue weighted by Gasteiger charge is 2.54. The van der Waals surface area contributed by atoms with E-state index in [0.29, 0.717) is 79.0 Å². The molecule has 6 heterocycles. The largest absolute Gasteiger partial charge is 0.481 e. The van der Waals surface area contributed by atoms with Crippen molar-refractivity contribution in [2.45, 2.75) is 44.7 Å². The fourth-order valence-corrected chi connectivity index (χ4v) is 11.6. The molecule has 2 aromatic carbocycles. The van der Waals surface area contributed by atoms with Crippen molar-refractivity contribution in [1.29, 1.82) is 0 Å². The number of carbonyl (C=O) groups excluding carboxylic acids is 1. The topological polar surface area (TPSA) is 108 Å². The van der Waals surface area contributed by atoms with Gasteiger partial charge in [-0.2, -0.15) is 23.3 Å². The number of nitrogens with one attached hydrogen (secondary N) is 1. The number of carbonyl (C=O) groups is 1. The van der Waals surface area contributed by atoms with Crippen LogP contribution >= 0.6 is 0 Å². The first kappa shape index (κ1) is 32.6. The zero-order valence-corrected chi connectivity index (χ0v) is 29.3. The number of nitrogens with zero attached hydrogens (tertiary/aromatic N) is 6. The third-order valence-corrected chi connectivity index (χ3v) is 13.8. The number of anilines is 2. The third-order valence-electron chi connectivity index (χ3n) is 11.6. The molecule has 5 fully saturated rings. The van der Waals surface area contributed by atoms with Crippen LogP contribution in [0.25, 0.3) is 32.9 Å². The molecule has 0 radical (unpaired) electrons. The summed E-state index contributed by atoms with van der Waals surface area (Å²) in [6.07, 6.45) is 2.05. The minimum atomic E-state index is -4.57. The van der Waals surface area contributed by atoms with E-state index in [1.807, 2.05) is 28.9 Å². The van der Waals surface area contributed by atoms with Crippen molar-refractivity contribution >= 4 is 54.9 Å². The second-order valence-corrected chi connectivity index (χ2v) is 18.2. The molecular formula is C37H40F3N7O3S. The minimum Gasteiger partial charge on any atom is -0.481 e. The molecule has 4 saturated heterocycles. The molecule has 1 aliphatic carbocycles. The summed E-state index contributed by atoms with van der Waals surface area (Å²) in [5.41, 5.74) is 4.31. The Morgan fingerprint density at radius 1 is 1.06 bits per heavy atom. The van der Waals surface area contributed by atoms with Crippen LogP contribution in [0.5, 0.6) is 5.75 Å². The molecule has 0 unspecified atom stereocenters. The second-order valence-electron chi connectivity index (χ2n) is 15.7. The van der Waals surface area contributed by atoms with Crippen molar-refractivity contribution in [2.24, 2.45) is 10.8 Å². The molecule has 14 heteroatoms. The lowest BCUT2D eigenvalue weighted by Crippen LogP contribution is -2.68. The molecule has 268 valence electrons. The average Bonchev–Trinajstić information content (AvgIpc) is 3.78. The molecule has 9 rings (SSSR count). The standard InChI is InChI=1S/C37H40F3N7O3S/c1-4-28(48)46-15-35(16-46)9-11-45(12-10-35)33-25-13-24(23-6-7-23)30(29-22(2)5-8-27-26(29)14-41-44-27)32(50-19-37(38,39)40)31(25)42-34(43-33)47-17-36(18-47)20-51(3,49)21-36/h4-5,8,13-14,23H,1,3,6-7,9-12,15-21H2,2H3,(H,41,44). The number of amides is 1. The second kappa shape index (κ2) is 11.1. The summed E-state index contributed by atoms with van der Waals surface area (Å²) >= 11 is 0. The van der Waals surface area contributed by atoms with E-state index in [4.69, 9.17) is 14.7 Å². The average molecular weight is 720 g/mol. The zero-order valence-electron chi connectivity index (χ0n) is 28.5. The van der Waals surface area contributed by atoms with Crippen LogP contribution in [0.4, 0.5) is 24.9 Å². The number of benzene rings is 2. The first-order valence-corrected chi connectivity index (χ1v) is 19.6. The lowest BCUT2D eigenvalue weighted by molar-refractivity contribution is -0.153. The van der Waals surface area contributed by atoms with Crippen LogP contribution in [0.3, 0.4) is 0 Å². The highest BCUT2D eigenvalue weighted by atomic mass is 32.2. The molecule has 0 bridgehead atoms. The van der Waals surface area contributed by atoms with Crippen molar-refractivity contribution in [1.82, 2.24) is 25.1 Å². The highest BCUT2D eigenvalue weighted by Crippen LogP contribution is 2.54. The van der Waals surface area contributed by atoms with Crippen molar-refractivity contribution < 1.29 is 26.9 Å². The molecule has 51 heavy (non-hydrogen) atoms. The van der Waals surface area contributed by atoms with Crippen molar-refractivity contribution in [3.05, 3.63) is 48.2 Å². The Bertz CT molecular complexity index is 2210.